The summed E-state index contributed by atoms with van der Waals surface area (Å²) in [7, 11) is 0. The van der Waals surface area contributed by atoms with Crippen LogP contribution in [-0.2, 0) is 24.2 Å². The number of amides is 1. The Morgan fingerprint density at radius 2 is 1.92 bits per heavy atom. The fraction of sp³-hybridized carbons (Fsp3) is 0.519. The summed E-state index contributed by atoms with van der Waals surface area (Å²) in [4.78, 5) is 14.7. The van der Waals surface area contributed by atoms with E-state index in [4.69, 9.17) is 0 Å². The smallest absolute Gasteiger partial charge is 0.220 e. The molecule has 0 spiro atoms. The number of hydrogen-bond donors (Lipinski definition) is 4. The van der Waals surface area contributed by atoms with Crippen LogP contribution in [0.5, 0.6) is 0 Å². The molecule has 0 aromatic heterocycles. The number of aliphatic hydroxyl groups is 2. The molecule has 0 bridgehead atoms. The summed E-state index contributed by atoms with van der Waals surface area (Å²) >= 11 is 1.71. The van der Waals surface area contributed by atoms with Crippen LogP contribution in [0.25, 0.3) is 0 Å². The second-order valence-corrected chi connectivity index (χ2v) is 10.4. The Labute approximate surface area is 216 Å². The van der Waals surface area contributed by atoms with Crippen molar-refractivity contribution < 1.29 is 23.8 Å². The SMILES string of the molecule is CCc1cccc(CNC[C@@H](O)[C@H](Cc2cc(F)cc(F)c2)NC(=O)CCCN2CCSCC2O)c1. The topological polar surface area (TPSA) is 84.8 Å². The van der Waals surface area contributed by atoms with E-state index in [9.17, 15) is 23.8 Å². The van der Waals surface area contributed by atoms with Gasteiger partial charge in [0.25, 0.3) is 0 Å². The van der Waals surface area contributed by atoms with Gasteiger partial charge in [0.2, 0.25) is 5.91 Å². The highest BCUT2D eigenvalue weighted by atomic mass is 32.2. The Kier molecular flexibility index (Phi) is 11.6. The lowest BCUT2D eigenvalue weighted by molar-refractivity contribution is -0.123. The molecule has 3 atom stereocenters. The molecule has 9 heteroatoms. The minimum absolute atomic E-state index is 0.0939. The molecule has 36 heavy (non-hydrogen) atoms. The van der Waals surface area contributed by atoms with Crippen molar-refractivity contribution in [3.8, 4) is 0 Å². The molecule has 1 saturated heterocycles. The summed E-state index contributed by atoms with van der Waals surface area (Å²) in [5.41, 5.74) is 2.68. The zero-order valence-corrected chi connectivity index (χ0v) is 21.6. The van der Waals surface area contributed by atoms with Crippen LogP contribution in [0.15, 0.2) is 42.5 Å². The van der Waals surface area contributed by atoms with Crippen LogP contribution in [0.1, 0.15) is 36.5 Å². The van der Waals surface area contributed by atoms with Gasteiger partial charge in [0.05, 0.1) is 12.1 Å². The van der Waals surface area contributed by atoms with Crippen LogP contribution in [0, 0.1) is 11.6 Å². The van der Waals surface area contributed by atoms with E-state index in [1.165, 1.54) is 17.7 Å². The first-order valence-electron chi connectivity index (χ1n) is 12.5. The molecule has 6 nitrogen and oxygen atoms in total. The molecule has 198 valence electrons. The molecular weight excluding hydrogens is 484 g/mol. The number of nitrogens with zero attached hydrogens (tertiary/aromatic N) is 1. The van der Waals surface area contributed by atoms with Crippen LogP contribution in [0.3, 0.4) is 0 Å². The normalized spacial score (nSPS) is 18.1. The number of carbonyl (C=O) groups is 1. The molecule has 1 aliphatic heterocycles. The predicted molar refractivity (Wildman–Crippen MR) is 140 cm³/mol. The minimum atomic E-state index is -0.962. The van der Waals surface area contributed by atoms with Gasteiger partial charge in [-0.3, -0.25) is 9.69 Å². The van der Waals surface area contributed by atoms with E-state index in [0.29, 0.717) is 30.8 Å². The summed E-state index contributed by atoms with van der Waals surface area (Å²) in [5, 5.41) is 27.0. The van der Waals surface area contributed by atoms with Gasteiger partial charge in [-0.25, -0.2) is 8.78 Å². The summed E-state index contributed by atoms with van der Waals surface area (Å²) in [5.74, 6) is -0.0151. The molecule has 1 aliphatic rings. The highest BCUT2D eigenvalue weighted by Gasteiger charge is 2.23. The average Bonchev–Trinajstić information content (AvgIpc) is 2.84. The molecular formula is C27H37F2N3O3S. The number of hydrogen-bond acceptors (Lipinski definition) is 6. The van der Waals surface area contributed by atoms with Gasteiger partial charge in [-0.05, 0) is 48.1 Å². The van der Waals surface area contributed by atoms with E-state index in [1.807, 2.05) is 17.0 Å². The van der Waals surface area contributed by atoms with Gasteiger partial charge in [-0.2, -0.15) is 11.8 Å². The molecule has 1 amide bonds. The molecule has 0 aliphatic carbocycles. The zero-order chi connectivity index (χ0) is 25.9. The Morgan fingerprint density at radius 1 is 1.17 bits per heavy atom. The highest BCUT2D eigenvalue weighted by Crippen LogP contribution is 2.16. The van der Waals surface area contributed by atoms with Gasteiger partial charge in [0.1, 0.15) is 17.9 Å². The second kappa shape index (κ2) is 14.6. The standard InChI is InChI=1S/C27H37F2N3O3S/c1-2-19-5-3-6-20(11-19)16-30-17-25(33)24(14-21-12-22(28)15-23(29)13-21)31-26(34)7-4-8-32-9-10-36-18-27(32)35/h3,5-6,11-13,15,24-25,27,30,33,35H,2,4,7-10,14,16-18H2,1H3,(H,31,34)/t24-,25+,27?/m0/s1. The van der Waals surface area contributed by atoms with E-state index in [0.717, 1.165) is 30.3 Å². The largest absolute Gasteiger partial charge is 0.390 e. The molecule has 2 aromatic carbocycles. The van der Waals surface area contributed by atoms with Crippen LogP contribution in [0.2, 0.25) is 0 Å². The van der Waals surface area contributed by atoms with Crippen LogP contribution in [-0.4, -0.2) is 70.5 Å². The van der Waals surface area contributed by atoms with Gasteiger partial charge in [0, 0.05) is 50.2 Å². The number of aryl methyl sites for hydroxylation is 1. The van der Waals surface area contributed by atoms with Gasteiger partial charge in [-0.15, -0.1) is 0 Å². The first kappa shape index (κ1) is 28.5. The Hall–Kier alpha value is -2.04. The first-order chi connectivity index (χ1) is 17.3. The Bertz CT molecular complexity index is 961. The zero-order valence-electron chi connectivity index (χ0n) is 20.8. The summed E-state index contributed by atoms with van der Waals surface area (Å²) in [6.45, 7) is 4.24. The lowest BCUT2D eigenvalue weighted by Crippen LogP contribution is -2.49. The van der Waals surface area contributed by atoms with Crippen molar-refractivity contribution in [3.63, 3.8) is 0 Å². The number of rotatable bonds is 13. The van der Waals surface area contributed by atoms with E-state index < -0.39 is 30.0 Å². The highest BCUT2D eigenvalue weighted by molar-refractivity contribution is 7.99. The fourth-order valence-electron chi connectivity index (χ4n) is 4.34. The maximum atomic E-state index is 13.7. The Morgan fingerprint density at radius 3 is 2.64 bits per heavy atom. The first-order valence-corrected chi connectivity index (χ1v) is 13.7. The minimum Gasteiger partial charge on any atom is -0.390 e. The van der Waals surface area contributed by atoms with Gasteiger partial charge in [0.15, 0.2) is 0 Å². The van der Waals surface area contributed by atoms with Crippen LogP contribution < -0.4 is 10.6 Å². The van der Waals surface area contributed by atoms with E-state index in [2.05, 4.69) is 29.7 Å². The fourth-order valence-corrected chi connectivity index (χ4v) is 5.29. The maximum Gasteiger partial charge on any atom is 0.220 e. The van der Waals surface area contributed by atoms with Crippen molar-refractivity contribution in [1.29, 1.82) is 0 Å². The number of carbonyl (C=O) groups excluding carboxylic acids is 1. The molecule has 0 radical (unpaired) electrons. The molecule has 2 aromatic rings. The monoisotopic (exact) mass is 521 g/mol. The van der Waals surface area contributed by atoms with Crippen molar-refractivity contribution in [2.75, 3.05) is 31.1 Å². The summed E-state index contributed by atoms with van der Waals surface area (Å²) in [6, 6.07) is 10.7. The summed E-state index contributed by atoms with van der Waals surface area (Å²) in [6.07, 6.45) is 0.371. The quantitative estimate of drug-likeness (QED) is 0.325. The summed E-state index contributed by atoms with van der Waals surface area (Å²) < 4.78 is 27.5. The van der Waals surface area contributed by atoms with Crippen molar-refractivity contribution in [2.24, 2.45) is 0 Å². The average molecular weight is 522 g/mol. The number of thioether (sulfide) groups is 1. The van der Waals surface area contributed by atoms with Crippen molar-refractivity contribution in [1.82, 2.24) is 15.5 Å². The maximum absolute atomic E-state index is 13.7. The number of halogens is 2. The Balaban J connectivity index is 1.56. The van der Waals surface area contributed by atoms with Crippen molar-refractivity contribution in [3.05, 3.63) is 70.8 Å². The molecule has 4 N–H and O–H groups in total. The predicted octanol–water partition coefficient (Wildman–Crippen LogP) is 2.85. The third kappa shape index (κ3) is 9.44. The van der Waals surface area contributed by atoms with Crippen molar-refractivity contribution in [2.45, 2.75) is 57.5 Å². The van der Waals surface area contributed by atoms with E-state index >= 15 is 0 Å². The number of aliphatic hydroxyl groups excluding tert-OH is 2. The van der Waals surface area contributed by atoms with Crippen LogP contribution in [0.4, 0.5) is 8.78 Å². The van der Waals surface area contributed by atoms with Gasteiger partial charge < -0.3 is 20.8 Å². The van der Waals surface area contributed by atoms with Gasteiger partial charge in [-0.1, -0.05) is 31.2 Å². The third-order valence-electron chi connectivity index (χ3n) is 6.33. The molecule has 1 heterocycles. The third-order valence-corrected chi connectivity index (χ3v) is 7.34. The van der Waals surface area contributed by atoms with Gasteiger partial charge >= 0.3 is 0 Å². The lowest BCUT2D eigenvalue weighted by Gasteiger charge is -2.31. The van der Waals surface area contributed by atoms with Crippen LogP contribution >= 0.6 is 11.8 Å². The van der Waals surface area contributed by atoms with E-state index in [-0.39, 0.29) is 25.3 Å². The second-order valence-electron chi connectivity index (χ2n) is 9.22. The molecule has 1 unspecified atom stereocenters. The number of nitrogens with one attached hydrogen (secondary N) is 2. The number of benzene rings is 2. The van der Waals surface area contributed by atoms with E-state index in [1.54, 1.807) is 11.8 Å². The molecule has 1 fully saturated rings. The molecule has 3 rings (SSSR count). The van der Waals surface area contributed by atoms with Crippen molar-refractivity contribution >= 4 is 17.7 Å². The molecule has 0 saturated carbocycles. The lowest BCUT2D eigenvalue weighted by atomic mass is 10.00.